The van der Waals surface area contributed by atoms with Crippen molar-refractivity contribution in [2.75, 3.05) is 52.5 Å². The van der Waals surface area contributed by atoms with Gasteiger partial charge in [-0.3, -0.25) is 19.1 Å². The van der Waals surface area contributed by atoms with Crippen molar-refractivity contribution in [3.63, 3.8) is 0 Å². The van der Waals surface area contributed by atoms with E-state index in [2.05, 4.69) is 9.88 Å². The highest BCUT2D eigenvalue weighted by molar-refractivity contribution is 7.12. The van der Waals surface area contributed by atoms with E-state index < -0.39 is 0 Å². The lowest BCUT2D eigenvalue weighted by Gasteiger charge is -2.39. The number of hydrogen-bond acceptors (Lipinski definition) is 6. The molecule has 0 radical (unpaired) electrons. The van der Waals surface area contributed by atoms with Crippen LogP contribution in [0, 0.1) is 13.8 Å². The molecule has 4 heterocycles. The fraction of sp³-hybridized carbons (Fsp3) is 0.571. The van der Waals surface area contributed by atoms with E-state index in [0.717, 1.165) is 22.1 Å². The third-order valence-electron chi connectivity index (χ3n) is 6.10. The summed E-state index contributed by atoms with van der Waals surface area (Å²) in [6.07, 6.45) is 1.78. The summed E-state index contributed by atoms with van der Waals surface area (Å²) < 4.78 is 7.38. The monoisotopic (exact) mass is 431 g/mol. The number of ether oxygens (including phenoxy) is 1. The number of aromatic nitrogens is 2. The molecule has 2 aromatic rings. The van der Waals surface area contributed by atoms with Crippen LogP contribution in [0.15, 0.2) is 17.6 Å². The van der Waals surface area contributed by atoms with E-state index >= 15 is 0 Å². The van der Waals surface area contributed by atoms with Crippen LogP contribution < -0.4 is 0 Å². The van der Waals surface area contributed by atoms with Gasteiger partial charge in [0, 0.05) is 62.2 Å². The minimum absolute atomic E-state index is 0.0534. The Balaban J connectivity index is 1.39. The third-order valence-corrected chi connectivity index (χ3v) is 6.86. The first kappa shape index (κ1) is 21.0. The summed E-state index contributed by atoms with van der Waals surface area (Å²) >= 11 is 1.56. The smallest absolute Gasteiger partial charge is 0.255 e. The van der Waals surface area contributed by atoms with E-state index in [4.69, 9.17) is 4.74 Å². The molecule has 9 heteroatoms. The van der Waals surface area contributed by atoms with Crippen molar-refractivity contribution in [3.05, 3.63) is 34.6 Å². The average molecular weight is 432 g/mol. The van der Waals surface area contributed by atoms with Crippen LogP contribution in [0.5, 0.6) is 0 Å². The molecule has 2 aliphatic rings. The predicted molar refractivity (Wildman–Crippen MR) is 115 cm³/mol. The molecule has 0 aromatic carbocycles. The first-order valence-electron chi connectivity index (χ1n) is 10.5. The molecule has 0 spiro atoms. The topological polar surface area (TPSA) is 70.9 Å². The molecule has 4 rings (SSSR count). The largest absolute Gasteiger partial charge is 0.378 e. The van der Waals surface area contributed by atoms with Gasteiger partial charge in [0.25, 0.3) is 5.91 Å². The normalized spacial score (nSPS) is 19.2. The maximum atomic E-state index is 13.2. The molecule has 2 fully saturated rings. The van der Waals surface area contributed by atoms with Gasteiger partial charge in [-0.15, -0.1) is 11.3 Å². The zero-order chi connectivity index (χ0) is 21.3. The lowest BCUT2D eigenvalue weighted by molar-refractivity contribution is -0.141. The molecule has 1 atom stereocenters. The van der Waals surface area contributed by atoms with Crippen LogP contribution in [0.25, 0.3) is 5.13 Å². The minimum Gasteiger partial charge on any atom is -0.378 e. The number of hydrogen-bond donors (Lipinski definition) is 0. The highest BCUT2D eigenvalue weighted by Crippen LogP contribution is 2.24. The quantitative estimate of drug-likeness (QED) is 0.735. The molecule has 30 heavy (non-hydrogen) atoms. The number of thiazole rings is 1. The van der Waals surface area contributed by atoms with E-state index in [-0.39, 0.29) is 17.9 Å². The standard InChI is InChI=1S/C21H29N5O3S/c1-15-14-18(16(2)26(15)21-22-4-13-30-21)20(28)24-7-5-23(6-8-24)17(3)19(27)25-9-11-29-12-10-25/h4,13-14,17H,5-12H2,1-3H3. The van der Waals surface area contributed by atoms with E-state index in [0.29, 0.717) is 52.5 Å². The number of carbonyl (C=O) groups is 2. The predicted octanol–water partition coefficient (Wildman–Crippen LogP) is 1.56. The second-order valence-corrected chi connectivity index (χ2v) is 8.75. The van der Waals surface area contributed by atoms with Crippen LogP contribution in [0.4, 0.5) is 0 Å². The Morgan fingerprint density at radius 1 is 1.07 bits per heavy atom. The molecule has 162 valence electrons. The number of morpholine rings is 1. The molecular weight excluding hydrogens is 402 g/mol. The Morgan fingerprint density at radius 3 is 2.40 bits per heavy atom. The van der Waals surface area contributed by atoms with E-state index in [1.165, 1.54) is 0 Å². The van der Waals surface area contributed by atoms with Gasteiger partial charge >= 0.3 is 0 Å². The number of amides is 2. The molecule has 2 saturated heterocycles. The molecule has 2 aromatic heterocycles. The zero-order valence-electron chi connectivity index (χ0n) is 17.8. The lowest BCUT2D eigenvalue weighted by Crippen LogP contribution is -2.56. The van der Waals surface area contributed by atoms with Crippen LogP contribution in [0.3, 0.4) is 0 Å². The van der Waals surface area contributed by atoms with Gasteiger partial charge in [-0.25, -0.2) is 4.98 Å². The Morgan fingerprint density at radius 2 is 1.77 bits per heavy atom. The van der Waals surface area contributed by atoms with Crippen LogP contribution in [-0.2, 0) is 9.53 Å². The zero-order valence-corrected chi connectivity index (χ0v) is 18.7. The first-order chi connectivity index (χ1) is 14.5. The van der Waals surface area contributed by atoms with Crippen molar-refractivity contribution >= 4 is 23.2 Å². The molecule has 1 unspecified atom stereocenters. The van der Waals surface area contributed by atoms with Crippen molar-refractivity contribution in [1.29, 1.82) is 0 Å². The average Bonchev–Trinajstić information content (AvgIpc) is 3.40. The van der Waals surface area contributed by atoms with Crippen molar-refractivity contribution in [3.8, 4) is 5.13 Å². The summed E-state index contributed by atoms with van der Waals surface area (Å²) in [5, 5.41) is 2.82. The number of rotatable bonds is 4. The van der Waals surface area contributed by atoms with Gasteiger partial charge < -0.3 is 14.5 Å². The summed E-state index contributed by atoms with van der Waals surface area (Å²) in [4.78, 5) is 36.3. The van der Waals surface area contributed by atoms with Gasteiger partial charge in [0.05, 0.1) is 24.8 Å². The summed E-state index contributed by atoms with van der Waals surface area (Å²) in [6.45, 7) is 11.1. The Kier molecular flexibility index (Phi) is 6.21. The van der Waals surface area contributed by atoms with Crippen molar-refractivity contribution < 1.29 is 14.3 Å². The summed E-state index contributed by atoms with van der Waals surface area (Å²) in [5.41, 5.74) is 2.66. The molecule has 0 N–H and O–H groups in total. The first-order valence-corrected chi connectivity index (χ1v) is 11.3. The van der Waals surface area contributed by atoms with E-state index in [1.54, 1.807) is 17.5 Å². The van der Waals surface area contributed by atoms with Gasteiger partial charge in [0.15, 0.2) is 5.13 Å². The maximum absolute atomic E-state index is 13.2. The van der Waals surface area contributed by atoms with Crippen LogP contribution in [-0.4, -0.2) is 94.6 Å². The molecule has 0 aliphatic carbocycles. The molecule has 0 bridgehead atoms. The second-order valence-electron chi connectivity index (χ2n) is 7.88. The third kappa shape index (κ3) is 4.01. The van der Waals surface area contributed by atoms with Gasteiger partial charge in [0.2, 0.25) is 5.91 Å². The summed E-state index contributed by atoms with van der Waals surface area (Å²) in [5.74, 6) is 0.211. The SMILES string of the molecule is Cc1cc(C(=O)N2CCN(C(C)C(=O)N3CCOCC3)CC2)c(C)n1-c1nccs1. The number of piperazine rings is 1. The molecular formula is C21H29N5O3S. The number of aryl methyl sites for hydroxylation is 1. The fourth-order valence-corrected chi connectivity index (χ4v) is 5.04. The van der Waals surface area contributed by atoms with E-state index in [9.17, 15) is 9.59 Å². The highest BCUT2D eigenvalue weighted by atomic mass is 32.1. The second kappa shape index (κ2) is 8.87. The highest BCUT2D eigenvalue weighted by Gasteiger charge is 2.31. The Labute approximate surface area is 181 Å². The lowest BCUT2D eigenvalue weighted by atomic mass is 10.1. The van der Waals surface area contributed by atoms with Crippen molar-refractivity contribution in [2.45, 2.75) is 26.8 Å². The fourth-order valence-electron chi connectivity index (χ4n) is 4.29. The van der Waals surface area contributed by atoms with Gasteiger partial charge in [-0.1, -0.05) is 0 Å². The van der Waals surface area contributed by atoms with Crippen molar-refractivity contribution in [2.24, 2.45) is 0 Å². The summed E-state index contributed by atoms with van der Waals surface area (Å²) in [6, 6.07) is 1.78. The Bertz CT molecular complexity index is 896. The van der Waals surface area contributed by atoms with Crippen molar-refractivity contribution in [1.82, 2.24) is 24.3 Å². The van der Waals surface area contributed by atoms with Crippen LogP contribution >= 0.6 is 11.3 Å². The molecule has 0 saturated carbocycles. The number of carbonyl (C=O) groups excluding carboxylic acids is 2. The van der Waals surface area contributed by atoms with Crippen LogP contribution in [0.1, 0.15) is 28.7 Å². The van der Waals surface area contributed by atoms with Gasteiger partial charge in [0.1, 0.15) is 0 Å². The van der Waals surface area contributed by atoms with Gasteiger partial charge in [-0.05, 0) is 26.8 Å². The van der Waals surface area contributed by atoms with Gasteiger partial charge in [-0.2, -0.15) is 0 Å². The summed E-state index contributed by atoms with van der Waals surface area (Å²) in [7, 11) is 0. The van der Waals surface area contributed by atoms with E-state index in [1.807, 2.05) is 46.6 Å². The Hall–Kier alpha value is -2.23. The van der Waals surface area contributed by atoms with Crippen LogP contribution in [0.2, 0.25) is 0 Å². The maximum Gasteiger partial charge on any atom is 0.255 e. The molecule has 2 amide bonds. The molecule has 2 aliphatic heterocycles. The number of nitrogens with zero attached hydrogens (tertiary/aromatic N) is 5. The molecule has 8 nitrogen and oxygen atoms in total. The minimum atomic E-state index is -0.171.